The van der Waals surface area contributed by atoms with Gasteiger partial charge in [-0.15, -0.1) is 4.91 Å². The Balaban J connectivity index is 4.01. The topological polar surface area (TPSA) is 108 Å². The zero-order chi connectivity index (χ0) is 21.3. The number of unbranched alkanes of at least 4 members (excludes halogenated alkanes) is 11. The Bertz CT molecular complexity index is 411. The van der Waals surface area contributed by atoms with Crippen molar-refractivity contribution >= 4 is 8.60 Å². The Kier molecular flexibility index (Phi) is 17.2. The minimum atomic E-state index is -2.49. The highest BCUT2D eigenvalue weighted by atomic mass is 31.2. The summed E-state index contributed by atoms with van der Waals surface area (Å²) in [6.45, 7) is 2.16. The predicted molar refractivity (Wildman–Crippen MR) is 118 cm³/mol. The molecule has 0 aliphatic heterocycles. The second-order valence-corrected chi connectivity index (χ2v) is 8.50. The summed E-state index contributed by atoms with van der Waals surface area (Å²) >= 11 is 0. The van der Waals surface area contributed by atoms with Crippen molar-refractivity contribution in [1.82, 2.24) is 4.90 Å². The fourth-order valence-electron chi connectivity index (χ4n) is 3.23. The van der Waals surface area contributed by atoms with Crippen molar-refractivity contribution in [3.05, 3.63) is 17.1 Å². The van der Waals surface area contributed by atoms with Crippen LogP contribution < -0.4 is 5.73 Å². The third-order valence-corrected chi connectivity index (χ3v) is 5.40. The maximum atomic E-state index is 11.3. The van der Waals surface area contributed by atoms with Crippen molar-refractivity contribution in [2.45, 2.75) is 95.7 Å². The van der Waals surface area contributed by atoms with Crippen LogP contribution in [0.4, 0.5) is 0 Å². The molecule has 0 aromatic rings. The molecule has 0 aromatic carbocycles. The molecule has 0 rings (SSSR count). The van der Waals surface area contributed by atoms with Gasteiger partial charge in [0.05, 0.1) is 12.6 Å². The lowest BCUT2D eigenvalue weighted by molar-refractivity contribution is 0.126. The van der Waals surface area contributed by atoms with E-state index in [-0.39, 0.29) is 6.61 Å². The number of nitrogens with zero attached hydrogens (tertiary/aromatic N) is 2. The summed E-state index contributed by atoms with van der Waals surface area (Å²) < 4.78 is 4.85. The van der Waals surface area contributed by atoms with E-state index in [1.165, 1.54) is 64.2 Å². The first-order valence-electron chi connectivity index (χ1n) is 10.7. The van der Waals surface area contributed by atoms with E-state index in [0.29, 0.717) is 0 Å². The number of nitrogens with two attached hydrogens (primary N) is 1. The van der Waals surface area contributed by atoms with E-state index in [9.17, 15) is 4.91 Å². The number of nitroso groups, excluding NO2 is 1. The van der Waals surface area contributed by atoms with Crippen LogP contribution in [-0.2, 0) is 4.52 Å². The maximum Gasteiger partial charge on any atom is 0.327 e. The molecule has 0 bridgehead atoms. The van der Waals surface area contributed by atoms with E-state index in [2.05, 4.69) is 12.1 Å². The summed E-state index contributed by atoms with van der Waals surface area (Å²) in [5.41, 5.74) is 4.66. The summed E-state index contributed by atoms with van der Waals surface area (Å²) in [6.07, 6.45) is 18.6. The highest BCUT2D eigenvalue weighted by Crippen LogP contribution is 2.27. The molecule has 0 aliphatic carbocycles. The van der Waals surface area contributed by atoms with E-state index < -0.39 is 20.3 Å². The molecule has 0 aliphatic rings. The van der Waals surface area contributed by atoms with Crippen LogP contribution in [0.1, 0.15) is 84.0 Å². The predicted octanol–water partition coefficient (Wildman–Crippen LogP) is 4.82. The quantitative estimate of drug-likeness (QED) is 0.120. The normalized spacial score (nSPS) is 15.4. The summed E-state index contributed by atoms with van der Waals surface area (Å²) in [6, 6.07) is -0.581. The minimum Gasteiger partial charge on any atom is -0.328 e. The summed E-state index contributed by atoms with van der Waals surface area (Å²) in [5, 5.41) is 3.08. The van der Waals surface area contributed by atoms with E-state index in [1.54, 1.807) is 25.1 Å². The smallest absolute Gasteiger partial charge is 0.327 e. The number of likely N-dealkylation sites (N-methyl/N-ethyl adjacent to an activating group) is 1. The number of allylic oxidation sites excluding steroid dienone is 1. The van der Waals surface area contributed by atoms with Crippen LogP contribution in [-0.4, -0.2) is 47.1 Å². The van der Waals surface area contributed by atoms with Gasteiger partial charge in [0.15, 0.2) is 5.66 Å². The molecule has 0 amide bonds. The summed E-state index contributed by atoms with van der Waals surface area (Å²) in [4.78, 5) is 30.9. The molecule has 7 nitrogen and oxygen atoms in total. The Hall–Kier alpha value is -0.430. The van der Waals surface area contributed by atoms with Crippen molar-refractivity contribution in [3.63, 3.8) is 0 Å². The van der Waals surface area contributed by atoms with E-state index >= 15 is 0 Å². The molecule has 8 heteroatoms. The van der Waals surface area contributed by atoms with Crippen molar-refractivity contribution < 1.29 is 14.3 Å². The Morgan fingerprint density at radius 3 is 1.96 bits per heavy atom. The van der Waals surface area contributed by atoms with Crippen molar-refractivity contribution in [2.24, 2.45) is 10.9 Å². The molecule has 0 saturated carbocycles. The van der Waals surface area contributed by atoms with Crippen LogP contribution in [0.5, 0.6) is 0 Å². The van der Waals surface area contributed by atoms with Crippen molar-refractivity contribution in [3.8, 4) is 0 Å². The zero-order valence-corrected chi connectivity index (χ0v) is 18.9. The minimum absolute atomic E-state index is 0.0866. The molecule has 0 radical (unpaired) electrons. The second-order valence-electron chi connectivity index (χ2n) is 7.73. The SMILES string of the molecule is CCCCCCCCCCCCC/C=C/[C@@](N)(N=O)[C@H](COP(O)O)N(C)C. The van der Waals surface area contributed by atoms with Gasteiger partial charge in [0.1, 0.15) is 0 Å². The highest BCUT2D eigenvalue weighted by Gasteiger charge is 2.36. The molecular weight excluding hydrogens is 377 g/mol. The van der Waals surface area contributed by atoms with Gasteiger partial charge in [-0.2, -0.15) is 0 Å². The third-order valence-electron chi connectivity index (χ3n) is 5.02. The molecule has 166 valence electrons. The number of hydrogen-bond acceptors (Lipinski definition) is 7. The van der Waals surface area contributed by atoms with Gasteiger partial charge in [-0.1, -0.05) is 77.2 Å². The second kappa shape index (κ2) is 17.4. The standard InChI is InChI=1S/C20H42N3O4P/c1-4-5-6-7-8-9-10-11-12-13-14-15-16-17-20(21,22-24)19(23(2)3)18-27-28(25)26/h16-17,19,25-26H,4-15,18,21H2,1-3H3/b17-16+/t19-,20+/m0/s1. The molecule has 0 fully saturated rings. The van der Waals surface area contributed by atoms with Crippen molar-refractivity contribution in [2.75, 3.05) is 20.7 Å². The fourth-order valence-corrected chi connectivity index (χ4v) is 3.51. The Morgan fingerprint density at radius 1 is 1.04 bits per heavy atom. The van der Waals surface area contributed by atoms with E-state index in [1.807, 2.05) is 6.08 Å². The molecular formula is C20H42N3O4P. The van der Waals surface area contributed by atoms with Gasteiger partial charge in [0.2, 0.25) is 0 Å². The average Bonchev–Trinajstić information content (AvgIpc) is 2.65. The van der Waals surface area contributed by atoms with Crippen LogP contribution in [0.15, 0.2) is 17.3 Å². The van der Waals surface area contributed by atoms with Gasteiger partial charge in [-0.3, -0.25) is 5.73 Å². The van der Waals surface area contributed by atoms with Crippen LogP contribution in [0.3, 0.4) is 0 Å². The van der Waals surface area contributed by atoms with Gasteiger partial charge in [-0.25, -0.2) is 0 Å². The molecule has 0 aromatic heterocycles. The molecule has 2 atom stereocenters. The van der Waals surface area contributed by atoms with Gasteiger partial charge in [0.25, 0.3) is 0 Å². The average molecular weight is 420 g/mol. The van der Waals surface area contributed by atoms with Gasteiger partial charge < -0.3 is 19.2 Å². The Morgan fingerprint density at radius 2 is 1.54 bits per heavy atom. The largest absolute Gasteiger partial charge is 0.328 e. The van der Waals surface area contributed by atoms with Gasteiger partial charge >= 0.3 is 8.60 Å². The molecule has 0 saturated heterocycles. The Labute approximate surface area is 172 Å². The van der Waals surface area contributed by atoms with Crippen LogP contribution >= 0.6 is 8.60 Å². The first-order chi connectivity index (χ1) is 13.4. The lowest BCUT2D eigenvalue weighted by Gasteiger charge is -2.33. The first kappa shape index (κ1) is 27.6. The zero-order valence-electron chi connectivity index (χ0n) is 18.1. The lowest BCUT2D eigenvalue weighted by Crippen LogP contribution is -2.56. The van der Waals surface area contributed by atoms with E-state index in [4.69, 9.17) is 20.0 Å². The highest BCUT2D eigenvalue weighted by molar-refractivity contribution is 7.39. The van der Waals surface area contributed by atoms with Crippen molar-refractivity contribution in [1.29, 1.82) is 0 Å². The number of hydrogen-bond donors (Lipinski definition) is 3. The molecule has 4 N–H and O–H groups in total. The maximum absolute atomic E-state index is 11.3. The number of rotatable bonds is 19. The lowest BCUT2D eigenvalue weighted by atomic mass is 10.00. The summed E-state index contributed by atoms with van der Waals surface area (Å²) in [7, 11) is 0.999. The molecule has 0 heterocycles. The van der Waals surface area contributed by atoms with Gasteiger partial charge in [-0.05, 0) is 38.2 Å². The monoisotopic (exact) mass is 419 g/mol. The van der Waals surface area contributed by atoms with Crippen LogP contribution in [0, 0.1) is 4.91 Å². The van der Waals surface area contributed by atoms with Crippen LogP contribution in [0.2, 0.25) is 0 Å². The fraction of sp³-hybridized carbons (Fsp3) is 0.900. The first-order valence-corrected chi connectivity index (χ1v) is 11.8. The third kappa shape index (κ3) is 13.7. The molecule has 0 unspecified atom stereocenters. The molecule has 0 spiro atoms. The van der Waals surface area contributed by atoms with E-state index in [0.717, 1.165) is 12.8 Å². The van der Waals surface area contributed by atoms with Gasteiger partial charge in [0, 0.05) is 0 Å². The molecule has 28 heavy (non-hydrogen) atoms. The summed E-state index contributed by atoms with van der Waals surface area (Å²) in [5.74, 6) is 0. The van der Waals surface area contributed by atoms with Crippen LogP contribution in [0.25, 0.3) is 0 Å².